The Balaban J connectivity index is 1.65. The Kier molecular flexibility index (Phi) is 4.72. The fraction of sp³-hybridized carbons (Fsp3) is 0.600. The smallest absolute Gasteiger partial charge is 0.123 e. The maximum Gasteiger partial charge on any atom is 0.123 e. The van der Waals surface area contributed by atoms with Crippen LogP contribution in [0.1, 0.15) is 44.1 Å². The molecule has 1 aromatic rings. The summed E-state index contributed by atoms with van der Waals surface area (Å²) in [7, 11) is 0. The molecule has 1 fully saturated rings. The van der Waals surface area contributed by atoms with Gasteiger partial charge in [-0.15, -0.1) is 0 Å². The zero-order chi connectivity index (χ0) is 13.0. The molecule has 2 N–H and O–H groups in total. The van der Waals surface area contributed by atoms with E-state index < -0.39 is 0 Å². The first-order valence-electron chi connectivity index (χ1n) is 6.82. The molecule has 0 bridgehead atoms. The number of benzene rings is 1. The highest BCUT2D eigenvalue weighted by atomic mass is 19.1. The van der Waals surface area contributed by atoms with Crippen molar-refractivity contribution < 1.29 is 9.50 Å². The lowest BCUT2D eigenvalue weighted by atomic mass is 9.76. The van der Waals surface area contributed by atoms with Crippen LogP contribution in [0.25, 0.3) is 0 Å². The van der Waals surface area contributed by atoms with Crippen molar-refractivity contribution in [3.8, 4) is 0 Å². The van der Waals surface area contributed by atoms with Gasteiger partial charge in [-0.25, -0.2) is 4.39 Å². The molecule has 2 rings (SSSR count). The van der Waals surface area contributed by atoms with Crippen molar-refractivity contribution in [2.75, 3.05) is 6.54 Å². The summed E-state index contributed by atoms with van der Waals surface area (Å²) in [5, 5.41) is 12.6. The maximum absolute atomic E-state index is 13.1. The first-order chi connectivity index (χ1) is 8.65. The normalized spacial score (nSPS) is 24.6. The first-order valence-corrected chi connectivity index (χ1v) is 6.82. The molecule has 1 unspecified atom stereocenters. The Morgan fingerprint density at radius 2 is 2.22 bits per heavy atom. The summed E-state index contributed by atoms with van der Waals surface area (Å²) in [6.45, 7) is 2.79. The molecule has 0 radical (unpaired) electrons. The van der Waals surface area contributed by atoms with Gasteiger partial charge in [-0.3, -0.25) is 0 Å². The minimum Gasteiger partial charge on any atom is -0.393 e. The minimum absolute atomic E-state index is 0.138. The number of hydrogen-bond acceptors (Lipinski definition) is 2. The van der Waals surface area contributed by atoms with E-state index in [2.05, 4.69) is 5.32 Å². The lowest BCUT2D eigenvalue weighted by Gasteiger charge is -2.36. The molecule has 3 heteroatoms. The van der Waals surface area contributed by atoms with Crippen LogP contribution in [0.15, 0.2) is 24.3 Å². The molecule has 1 aliphatic carbocycles. The summed E-state index contributed by atoms with van der Waals surface area (Å²) < 4.78 is 13.1. The standard InChI is InChI=1S/C15H22FNO/c1-11(18)4-3-7-17-15-9-13(10-15)12-5-2-6-14(16)8-12/h2,5-6,8,11,13,15,17-18H,3-4,7,9-10H2,1H3. The van der Waals surface area contributed by atoms with Crippen LogP contribution in [0.4, 0.5) is 4.39 Å². The van der Waals surface area contributed by atoms with Gasteiger partial charge in [0.2, 0.25) is 0 Å². The molecule has 100 valence electrons. The van der Waals surface area contributed by atoms with Crippen LogP contribution in [-0.2, 0) is 0 Å². The second-order valence-electron chi connectivity index (χ2n) is 5.37. The Hall–Kier alpha value is -0.930. The number of halogens is 1. The lowest BCUT2D eigenvalue weighted by Crippen LogP contribution is -2.40. The molecule has 0 aliphatic heterocycles. The van der Waals surface area contributed by atoms with Gasteiger partial charge in [0.1, 0.15) is 5.82 Å². The van der Waals surface area contributed by atoms with Crippen molar-refractivity contribution >= 4 is 0 Å². The number of nitrogens with one attached hydrogen (secondary N) is 1. The third-order valence-electron chi connectivity index (χ3n) is 3.69. The van der Waals surface area contributed by atoms with Crippen molar-refractivity contribution in [3.63, 3.8) is 0 Å². The van der Waals surface area contributed by atoms with Gasteiger partial charge in [0, 0.05) is 6.04 Å². The average Bonchev–Trinajstić information content (AvgIpc) is 2.25. The quantitative estimate of drug-likeness (QED) is 0.762. The van der Waals surface area contributed by atoms with Crippen molar-refractivity contribution in [2.24, 2.45) is 0 Å². The van der Waals surface area contributed by atoms with E-state index in [9.17, 15) is 4.39 Å². The van der Waals surface area contributed by atoms with E-state index in [1.807, 2.05) is 13.0 Å². The van der Waals surface area contributed by atoms with Crippen LogP contribution in [0.2, 0.25) is 0 Å². The van der Waals surface area contributed by atoms with Gasteiger partial charge in [-0.2, -0.15) is 0 Å². The molecule has 1 aliphatic rings. The van der Waals surface area contributed by atoms with Crippen LogP contribution >= 0.6 is 0 Å². The molecule has 1 saturated carbocycles. The predicted octanol–water partition coefficient (Wildman–Crippen LogP) is 2.82. The minimum atomic E-state index is -0.201. The van der Waals surface area contributed by atoms with Crippen LogP contribution in [0.5, 0.6) is 0 Å². The summed E-state index contributed by atoms with van der Waals surface area (Å²) in [6.07, 6.45) is 3.86. The van der Waals surface area contributed by atoms with Gasteiger partial charge in [0.15, 0.2) is 0 Å². The first kappa shape index (κ1) is 13.5. The van der Waals surface area contributed by atoms with E-state index in [-0.39, 0.29) is 11.9 Å². The van der Waals surface area contributed by atoms with Crippen LogP contribution in [0, 0.1) is 5.82 Å². The highest BCUT2D eigenvalue weighted by molar-refractivity contribution is 5.23. The van der Waals surface area contributed by atoms with Gasteiger partial charge in [0.25, 0.3) is 0 Å². The highest BCUT2D eigenvalue weighted by Gasteiger charge is 2.29. The van der Waals surface area contributed by atoms with E-state index in [1.54, 1.807) is 12.1 Å². The van der Waals surface area contributed by atoms with Gasteiger partial charge in [0.05, 0.1) is 6.10 Å². The van der Waals surface area contributed by atoms with Crippen molar-refractivity contribution in [2.45, 2.75) is 50.7 Å². The monoisotopic (exact) mass is 251 g/mol. The molecule has 0 heterocycles. The zero-order valence-electron chi connectivity index (χ0n) is 10.9. The van der Waals surface area contributed by atoms with E-state index in [1.165, 1.54) is 6.07 Å². The molecule has 0 spiro atoms. The summed E-state index contributed by atoms with van der Waals surface area (Å²) in [5.74, 6) is 0.371. The van der Waals surface area contributed by atoms with Crippen LogP contribution in [0.3, 0.4) is 0 Å². The fourth-order valence-electron chi connectivity index (χ4n) is 2.52. The molecule has 0 amide bonds. The highest BCUT2D eigenvalue weighted by Crippen LogP contribution is 2.36. The molecule has 0 saturated heterocycles. The number of aliphatic hydroxyl groups is 1. The molecular weight excluding hydrogens is 229 g/mol. The lowest BCUT2D eigenvalue weighted by molar-refractivity contribution is 0.179. The second kappa shape index (κ2) is 6.30. The number of hydrogen-bond donors (Lipinski definition) is 2. The van der Waals surface area contributed by atoms with Gasteiger partial charge >= 0.3 is 0 Å². The summed E-state index contributed by atoms with van der Waals surface area (Å²) in [5.41, 5.74) is 1.12. The maximum atomic E-state index is 13.1. The van der Waals surface area contributed by atoms with Gasteiger partial charge in [-0.1, -0.05) is 12.1 Å². The SMILES string of the molecule is CC(O)CCCNC1CC(c2cccc(F)c2)C1. The van der Waals surface area contributed by atoms with E-state index in [0.717, 1.165) is 37.8 Å². The Labute approximate surface area is 108 Å². The summed E-state index contributed by atoms with van der Waals surface area (Å²) in [4.78, 5) is 0. The van der Waals surface area contributed by atoms with E-state index in [0.29, 0.717) is 12.0 Å². The number of aliphatic hydroxyl groups excluding tert-OH is 1. The predicted molar refractivity (Wildman–Crippen MR) is 71.1 cm³/mol. The van der Waals surface area contributed by atoms with E-state index in [4.69, 9.17) is 5.11 Å². The topological polar surface area (TPSA) is 32.3 Å². The second-order valence-corrected chi connectivity index (χ2v) is 5.37. The molecular formula is C15H22FNO. The van der Waals surface area contributed by atoms with Gasteiger partial charge < -0.3 is 10.4 Å². The average molecular weight is 251 g/mol. The largest absolute Gasteiger partial charge is 0.393 e. The third-order valence-corrected chi connectivity index (χ3v) is 3.69. The third kappa shape index (κ3) is 3.79. The molecule has 1 aromatic carbocycles. The summed E-state index contributed by atoms with van der Waals surface area (Å²) in [6, 6.07) is 7.50. The molecule has 18 heavy (non-hydrogen) atoms. The van der Waals surface area contributed by atoms with E-state index >= 15 is 0 Å². The van der Waals surface area contributed by atoms with Crippen LogP contribution in [-0.4, -0.2) is 23.8 Å². The Morgan fingerprint density at radius 1 is 1.44 bits per heavy atom. The number of rotatable bonds is 6. The van der Waals surface area contributed by atoms with Gasteiger partial charge in [-0.05, 0) is 62.8 Å². The Morgan fingerprint density at radius 3 is 2.89 bits per heavy atom. The zero-order valence-corrected chi connectivity index (χ0v) is 10.9. The fourth-order valence-corrected chi connectivity index (χ4v) is 2.52. The van der Waals surface area contributed by atoms with Crippen molar-refractivity contribution in [3.05, 3.63) is 35.6 Å². The van der Waals surface area contributed by atoms with Crippen molar-refractivity contribution in [1.29, 1.82) is 0 Å². The Bertz CT molecular complexity index is 375. The summed E-state index contributed by atoms with van der Waals surface area (Å²) >= 11 is 0. The van der Waals surface area contributed by atoms with Crippen molar-refractivity contribution in [1.82, 2.24) is 5.32 Å². The van der Waals surface area contributed by atoms with Crippen LogP contribution < -0.4 is 5.32 Å². The molecule has 1 atom stereocenters. The molecule has 0 aromatic heterocycles. The molecule has 2 nitrogen and oxygen atoms in total.